The van der Waals surface area contributed by atoms with Crippen LogP contribution < -0.4 is 4.90 Å². The van der Waals surface area contributed by atoms with Gasteiger partial charge in [0.1, 0.15) is 0 Å². The quantitative estimate of drug-likeness (QED) is 0.396. The second kappa shape index (κ2) is 11.0. The molecule has 1 saturated heterocycles. The highest BCUT2D eigenvalue weighted by Gasteiger charge is 2.31. The van der Waals surface area contributed by atoms with Crippen LogP contribution in [0.3, 0.4) is 0 Å². The lowest BCUT2D eigenvalue weighted by molar-refractivity contribution is 0.172. The Kier molecular flexibility index (Phi) is 7.74. The Morgan fingerprint density at radius 2 is 1.86 bits per heavy atom. The van der Waals surface area contributed by atoms with E-state index in [-0.39, 0.29) is 0 Å². The number of benzene rings is 1. The van der Waals surface area contributed by atoms with Crippen molar-refractivity contribution in [3.05, 3.63) is 58.9 Å². The standard InChI is InChI=1S/C30H42N4S/c1-4-23-18-24(21-32(3)29-12-5-8-25-10-7-13-31-30(25)29)20-27-26(19-23)9-6-11-28(27)34-16-14-33(15-17-34)22(2)35/h6-7,9-11,13,23-24,29H,4-5,8,12,14-21H2,1-3H3/t23?,24-,29+/m1/s1. The molecule has 1 aromatic carbocycles. The van der Waals surface area contributed by atoms with E-state index < -0.39 is 0 Å². The van der Waals surface area contributed by atoms with Crippen LogP contribution in [0, 0.1) is 11.8 Å². The topological polar surface area (TPSA) is 22.6 Å². The zero-order valence-electron chi connectivity index (χ0n) is 21.9. The lowest BCUT2D eigenvalue weighted by Gasteiger charge is -2.38. The molecule has 5 rings (SSSR count). The summed E-state index contributed by atoms with van der Waals surface area (Å²) in [6, 6.07) is 11.9. The summed E-state index contributed by atoms with van der Waals surface area (Å²) in [5.74, 6) is 1.46. The van der Waals surface area contributed by atoms with Gasteiger partial charge in [-0.25, -0.2) is 0 Å². The summed E-state index contributed by atoms with van der Waals surface area (Å²) in [5, 5.41) is 0. The monoisotopic (exact) mass is 490 g/mol. The Balaban J connectivity index is 1.36. The van der Waals surface area contributed by atoms with Crippen LogP contribution in [0.1, 0.15) is 68.0 Å². The summed E-state index contributed by atoms with van der Waals surface area (Å²) in [6.45, 7) is 9.81. The SMILES string of the molecule is CCC1Cc2cccc(N3CCN(C(C)=S)CC3)c2C[C@H](CN(C)[C@H]2CCCc3cccnc32)C1. The van der Waals surface area contributed by atoms with Crippen LogP contribution in [0.25, 0.3) is 0 Å². The van der Waals surface area contributed by atoms with Gasteiger partial charge in [-0.15, -0.1) is 0 Å². The predicted molar refractivity (Wildman–Crippen MR) is 150 cm³/mol. The van der Waals surface area contributed by atoms with Crippen LogP contribution in [0.2, 0.25) is 0 Å². The third-order valence-electron chi connectivity index (χ3n) is 8.80. The zero-order chi connectivity index (χ0) is 24.4. The van der Waals surface area contributed by atoms with Gasteiger partial charge in [0.25, 0.3) is 0 Å². The molecule has 188 valence electrons. The fourth-order valence-corrected chi connectivity index (χ4v) is 7.03. The van der Waals surface area contributed by atoms with Gasteiger partial charge in [-0.2, -0.15) is 0 Å². The first-order valence-corrected chi connectivity index (χ1v) is 14.2. The van der Waals surface area contributed by atoms with Crippen LogP contribution in [0.15, 0.2) is 36.5 Å². The number of pyridine rings is 1. The molecule has 2 heterocycles. The molecule has 3 aliphatic rings. The Labute approximate surface area is 217 Å². The van der Waals surface area contributed by atoms with E-state index in [0.29, 0.717) is 12.0 Å². The summed E-state index contributed by atoms with van der Waals surface area (Å²) in [7, 11) is 2.35. The summed E-state index contributed by atoms with van der Waals surface area (Å²) in [5.41, 5.74) is 7.49. The molecule has 35 heavy (non-hydrogen) atoms. The van der Waals surface area contributed by atoms with Gasteiger partial charge in [-0.1, -0.05) is 43.8 Å². The number of thiocarbonyl (C=S) groups is 1. The van der Waals surface area contributed by atoms with Crippen molar-refractivity contribution in [3.8, 4) is 0 Å². The van der Waals surface area contributed by atoms with Crippen molar-refractivity contribution in [1.29, 1.82) is 0 Å². The van der Waals surface area contributed by atoms with E-state index in [1.165, 1.54) is 61.9 Å². The summed E-state index contributed by atoms with van der Waals surface area (Å²) in [6.07, 6.45) is 10.7. The predicted octanol–water partition coefficient (Wildman–Crippen LogP) is 5.69. The van der Waals surface area contributed by atoms with E-state index in [9.17, 15) is 0 Å². The molecule has 0 bridgehead atoms. The van der Waals surface area contributed by atoms with Crippen LogP contribution in [0.4, 0.5) is 5.69 Å². The first-order valence-electron chi connectivity index (χ1n) is 13.8. The van der Waals surface area contributed by atoms with Gasteiger partial charge >= 0.3 is 0 Å². The number of hydrogen-bond donors (Lipinski definition) is 0. The number of nitrogens with zero attached hydrogens (tertiary/aromatic N) is 4. The van der Waals surface area contributed by atoms with Crippen molar-refractivity contribution >= 4 is 22.9 Å². The number of rotatable bonds is 5. The van der Waals surface area contributed by atoms with Gasteiger partial charge in [0.05, 0.1) is 16.7 Å². The largest absolute Gasteiger partial charge is 0.368 e. The smallest absolute Gasteiger partial charge is 0.0749 e. The highest BCUT2D eigenvalue weighted by molar-refractivity contribution is 7.80. The molecule has 0 spiro atoms. The van der Waals surface area contributed by atoms with Gasteiger partial charge < -0.3 is 9.80 Å². The number of hydrogen-bond acceptors (Lipinski definition) is 4. The van der Waals surface area contributed by atoms with Crippen LogP contribution in [-0.4, -0.2) is 59.5 Å². The molecule has 4 nitrogen and oxygen atoms in total. The molecule has 3 atom stereocenters. The van der Waals surface area contributed by atoms with Crippen molar-refractivity contribution in [1.82, 2.24) is 14.8 Å². The van der Waals surface area contributed by atoms with Crippen LogP contribution in [0.5, 0.6) is 0 Å². The minimum atomic E-state index is 0.462. The second-order valence-electron chi connectivity index (χ2n) is 11.1. The molecule has 1 fully saturated rings. The number of aryl methyl sites for hydroxylation is 1. The molecule has 2 aromatic rings. The van der Waals surface area contributed by atoms with Gasteiger partial charge in [0.15, 0.2) is 0 Å². The minimum Gasteiger partial charge on any atom is -0.368 e. The van der Waals surface area contributed by atoms with Gasteiger partial charge in [-0.05, 0) is 93.2 Å². The zero-order valence-corrected chi connectivity index (χ0v) is 22.7. The van der Waals surface area contributed by atoms with Crippen LogP contribution >= 0.6 is 12.2 Å². The lowest BCUT2D eigenvalue weighted by Crippen LogP contribution is -2.48. The Morgan fingerprint density at radius 3 is 2.63 bits per heavy atom. The molecule has 1 unspecified atom stereocenters. The Bertz CT molecular complexity index is 1030. The number of aromatic nitrogens is 1. The highest BCUT2D eigenvalue weighted by atomic mass is 32.1. The molecular weight excluding hydrogens is 448 g/mol. The third kappa shape index (κ3) is 5.41. The molecule has 0 N–H and O–H groups in total. The van der Waals surface area contributed by atoms with E-state index in [1.807, 2.05) is 6.20 Å². The molecule has 0 amide bonds. The maximum absolute atomic E-state index is 5.44. The fraction of sp³-hybridized carbons (Fsp3) is 0.600. The first-order chi connectivity index (χ1) is 17.0. The van der Waals surface area contributed by atoms with Gasteiger partial charge in [0, 0.05) is 44.6 Å². The number of anilines is 1. The summed E-state index contributed by atoms with van der Waals surface area (Å²) < 4.78 is 0. The van der Waals surface area contributed by atoms with Crippen molar-refractivity contribution in [2.45, 2.75) is 64.8 Å². The molecular formula is C30H42N4S. The van der Waals surface area contributed by atoms with Gasteiger partial charge in [0.2, 0.25) is 0 Å². The van der Waals surface area contributed by atoms with Crippen molar-refractivity contribution < 1.29 is 0 Å². The maximum Gasteiger partial charge on any atom is 0.0749 e. The van der Waals surface area contributed by atoms with Crippen molar-refractivity contribution in [2.24, 2.45) is 11.8 Å². The van der Waals surface area contributed by atoms with Gasteiger partial charge in [-0.3, -0.25) is 9.88 Å². The van der Waals surface area contributed by atoms with Crippen molar-refractivity contribution in [2.75, 3.05) is 44.7 Å². The normalized spacial score (nSPS) is 24.6. The molecule has 1 aromatic heterocycles. The minimum absolute atomic E-state index is 0.462. The first kappa shape index (κ1) is 24.7. The Morgan fingerprint density at radius 1 is 1.06 bits per heavy atom. The van der Waals surface area contributed by atoms with E-state index >= 15 is 0 Å². The average Bonchev–Trinajstić information content (AvgIpc) is 3.07. The van der Waals surface area contributed by atoms with E-state index in [4.69, 9.17) is 17.2 Å². The Hall–Kier alpha value is -1.98. The number of fused-ring (bicyclic) bond motifs is 2. The molecule has 0 saturated carbocycles. The maximum atomic E-state index is 5.44. The van der Waals surface area contributed by atoms with E-state index in [2.05, 4.69) is 65.9 Å². The summed E-state index contributed by atoms with van der Waals surface area (Å²) >= 11 is 5.44. The van der Waals surface area contributed by atoms with Crippen LogP contribution in [-0.2, 0) is 19.3 Å². The average molecular weight is 491 g/mol. The molecule has 1 aliphatic heterocycles. The third-order valence-corrected chi connectivity index (χ3v) is 9.06. The van der Waals surface area contributed by atoms with Crippen molar-refractivity contribution in [3.63, 3.8) is 0 Å². The summed E-state index contributed by atoms with van der Waals surface area (Å²) in [4.78, 5) is 13.5. The fourth-order valence-electron chi connectivity index (χ4n) is 6.84. The lowest BCUT2D eigenvalue weighted by atomic mass is 9.87. The van der Waals surface area contributed by atoms with E-state index in [1.54, 1.807) is 11.1 Å². The van der Waals surface area contributed by atoms with E-state index in [0.717, 1.165) is 43.6 Å². The number of piperazine rings is 1. The second-order valence-corrected chi connectivity index (χ2v) is 11.7. The molecule has 2 aliphatic carbocycles. The molecule has 0 radical (unpaired) electrons. The molecule has 5 heteroatoms. The highest BCUT2D eigenvalue weighted by Crippen LogP contribution is 2.38.